The quantitative estimate of drug-likeness (QED) is 0.746. The Kier molecular flexibility index (Phi) is 4.40. The first-order valence-electron chi connectivity index (χ1n) is 7.97. The lowest BCUT2D eigenvalue weighted by molar-refractivity contribution is 0.0213. The van der Waals surface area contributed by atoms with Crippen molar-refractivity contribution in [3.63, 3.8) is 0 Å². The summed E-state index contributed by atoms with van der Waals surface area (Å²) >= 11 is 3.47. The molecule has 0 spiro atoms. The number of hydrogen-bond acceptors (Lipinski definition) is 5. The molecule has 1 unspecified atom stereocenters. The van der Waals surface area contributed by atoms with Gasteiger partial charge in [-0.1, -0.05) is 0 Å². The van der Waals surface area contributed by atoms with E-state index in [1.807, 2.05) is 31.9 Å². The summed E-state index contributed by atoms with van der Waals surface area (Å²) in [5.41, 5.74) is 0.590. The van der Waals surface area contributed by atoms with E-state index in [0.29, 0.717) is 13.1 Å². The minimum atomic E-state index is -0.459. The van der Waals surface area contributed by atoms with Crippen LogP contribution in [0.15, 0.2) is 16.7 Å². The number of pyridine rings is 1. The fourth-order valence-electron chi connectivity index (χ4n) is 3.04. The average molecular weight is 383 g/mol. The summed E-state index contributed by atoms with van der Waals surface area (Å²) in [6, 6.07) is 2.32. The summed E-state index contributed by atoms with van der Waals surface area (Å²) in [6.45, 7) is 8.66. The third-order valence-electron chi connectivity index (χ3n) is 4.03. The number of ether oxygens (including phenoxy) is 1. The first kappa shape index (κ1) is 16.4. The third kappa shape index (κ3) is 3.71. The molecule has 1 atom stereocenters. The van der Waals surface area contributed by atoms with Gasteiger partial charge in [-0.15, -0.1) is 0 Å². The predicted molar refractivity (Wildman–Crippen MR) is 94.0 cm³/mol. The third-order valence-corrected chi connectivity index (χ3v) is 4.47. The first-order valence-corrected chi connectivity index (χ1v) is 8.77. The highest BCUT2D eigenvalue weighted by Crippen LogP contribution is 2.32. The van der Waals surface area contributed by atoms with Gasteiger partial charge in [-0.2, -0.15) is 0 Å². The topological polar surface area (TPSA) is 57.7 Å². The fraction of sp³-hybridized carbons (Fsp3) is 0.625. The Hall–Kier alpha value is -1.50. The van der Waals surface area contributed by atoms with Crippen molar-refractivity contribution in [2.24, 2.45) is 0 Å². The lowest BCUT2D eigenvalue weighted by Crippen LogP contribution is -2.55. The van der Waals surface area contributed by atoms with Gasteiger partial charge in [0.05, 0.1) is 5.69 Å². The zero-order chi connectivity index (χ0) is 16.6. The highest BCUT2D eigenvalue weighted by atomic mass is 79.9. The Morgan fingerprint density at radius 2 is 2.22 bits per heavy atom. The molecule has 0 bridgehead atoms. The molecule has 126 valence electrons. The van der Waals surface area contributed by atoms with Crippen LogP contribution in [0.4, 0.5) is 16.3 Å². The van der Waals surface area contributed by atoms with Crippen LogP contribution in [-0.4, -0.2) is 53.8 Å². The molecule has 2 aliphatic rings. The molecular formula is C16H23BrN4O2. The minimum absolute atomic E-state index is 0.224. The Balaban J connectivity index is 1.75. The van der Waals surface area contributed by atoms with Crippen molar-refractivity contribution < 1.29 is 9.53 Å². The summed E-state index contributed by atoms with van der Waals surface area (Å²) in [4.78, 5) is 21.0. The SMILES string of the molecule is CC(C)(C)OC(=O)N1CCN2c3ncc(Br)cc3NCCC2C1. The van der Waals surface area contributed by atoms with Crippen LogP contribution in [0.3, 0.4) is 0 Å². The average Bonchev–Trinajstić information content (AvgIpc) is 2.63. The lowest BCUT2D eigenvalue weighted by Gasteiger charge is -2.41. The van der Waals surface area contributed by atoms with Gasteiger partial charge in [0.25, 0.3) is 0 Å². The summed E-state index contributed by atoms with van der Waals surface area (Å²) < 4.78 is 6.47. The van der Waals surface area contributed by atoms with Crippen molar-refractivity contribution in [1.29, 1.82) is 0 Å². The van der Waals surface area contributed by atoms with Gasteiger partial charge in [0, 0.05) is 42.9 Å². The summed E-state index contributed by atoms with van der Waals surface area (Å²) in [7, 11) is 0. The second-order valence-electron chi connectivity index (χ2n) is 7.01. The van der Waals surface area contributed by atoms with E-state index in [4.69, 9.17) is 4.74 Å². The van der Waals surface area contributed by atoms with Crippen molar-refractivity contribution >= 4 is 33.5 Å². The predicted octanol–water partition coefficient (Wildman–Crippen LogP) is 3.09. The number of aromatic nitrogens is 1. The minimum Gasteiger partial charge on any atom is -0.444 e. The Bertz CT molecular complexity index is 602. The molecule has 0 saturated carbocycles. The van der Waals surface area contributed by atoms with Crippen LogP contribution in [0.2, 0.25) is 0 Å². The number of nitrogens with zero attached hydrogens (tertiary/aromatic N) is 3. The molecule has 23 heavy (non-hydrogen) atoms. The molecule has 0 aromatic carbocycles. The summed E-state index contributed by atoms with van der Waals surface area (Å²) in [6.07, 6.45) is 2.56. The summed E-state index contributed by atoms with van der Waals surface area (Å²) in [5.74, 6) is 0.972. The maximum atomic E-state index is 12.3. The largest absolute Gasteiger partial charge is 0.444 e. The molecule has 1 saturated heterocycles. The molecule has 0 radical (unpaired) electrons. The van der Waals surface area contributed by atoms with Gasteiger partial charge in [-0.05, 0) is 49.2 Å². The number of hydrogen-bond donors (Lipinski definition) is 1. The van der Waals surface area contributed by atoms with Crippen molar-refractivity contribution in [3.05, 3.63) is 16.7 Å². The van der Waals surface area contributed by atoms with E-state index >= 15 is 0 Å². The van der Waals surface area contributed by atoms with Gasteiger partial charge >= 0.3 is 6.09 Å². The van der Waals surface area contributed by atoms with E-state index in [-0.39, 0.29) is 12.1 Å². The van der Waals surface area contributed by atoms with E-state index in [0.717, 1.165) is 35.5 Å². The van der Waals surface area contributed by atoms with Crippen molar-refractivity contribution in [2.75, 3.05) is 36.4 Å². The number of amides is 1. The molecule has 6 nitrogen and oxygen atoms in total. The van der Waals surface area contributed by atoms with Crippen molar-refractivity contribution in [2.45, 2.75) is 38.8 Å². The Labute approximate surface area is 145 Å². The van der Waals surface area contributed by atoms with E-state index in [1.165, 1.54) is 0 Å². The van der Waals surface area contributed by atoms with Crippen molar-refractivity contribution in [3.8, 4) is 0 Å². The van der Waals surface area contributed by atoms with Crippen LogP contribution in [-0.2, 0) is 4.74 Å². The second-order valence-corrected chi connectivity index (χ2v) is 7.93. The number of rotatable bonds is 0. The molecule has 0 aliphatic carbocycles. The number of halogens is 1. The molecule has 3 heterocycles. The van der Waals surface area contributed by atoms with Crippen LogP contribution in [0, 0.1) is 0 Å². The lowest BCUT2D eigenvalue weighted by atomic mass is 10.1. The molecule has 1 fully saturated rings. The fourth-order valence-corrected chi connectivity index (χ4v) is 3.37. The number of piperazine rings is 1. The number of nitrogens with one attached hydrogen (secondary N) is 1. The number of carbonyl (C=O) groups is 1. The van der Waals surface area contributed by atoms with E-state index in [9.17, 15) is 4.79 Å². The Morgan fingerprint density at radius 3 is 2.96 bits per heavy atom. The number of carbonyl (C=O) groups excluding carboxylic acids is 1. The van der Waals surface area contributed by atoms with Crippen LogP contribution >= 0.6 is 15.9 Å². The van der Waals surface area contributed by atoms with Crippen LogP contribution in [0.25, 0.3) is 0 Å². The number of fused-ring (bicyclic) bond motifs is 3. The maximum absolute atomic E-state index is 12.3. The van der Waals surface area contributed by atoms with Gasteiger partial charge in [0.15, 0.2) is 5.82 Å². The van der Waals surface area contributed by atoms with Crippen LogP contribution in [0.5, 0.6) is 0 Å². The van der Waals surface area contributed by atoms with Gasteiger partial charge < -0.3 is 19.9 Å². The molecule has 2 aliphatic heterocycles. The van der Waals surface area contributed by atoms with Crippen molar-refractivity contribution in [1.82, 2.24) is 9.88 Å². The van der Waals surface area contributed by atoms with E-state index < -0.39 is 5.60 Å². The monoisotopic (exact) mass is 382 g/mol. The zero-order valence-corrected chi connectivity index (χ0v) is 15.4. The molecule has 1 aromatic rings. The van der Waals surface area contributed by atoms with E-state index in [2.05, 4.69) is 37.2 Å². The van der Waals surface area contributed by atoms with Crippen LogP contribution in [0.1, 0.15) is 27.2 Å². The Morgan fingerprint density at radius 1 is 1.43 bits per heavy atom. The van der Waals surface area contributed by atoms with Gasteiger partial charge in [0.1, 0.15) is 5.60 Å². The number of anilines is 2. The van der Waals surface area contributed by atoms with E-state index in [1.54, 1.807) is 0 Å². The first-order chi connectivity index (χ1) is 10.8. The van der Waals surface area contributed by atoms with Crippen LogP contribution < -0.4 is 10.2 Å². The van der Waals surface area contributed by atoms with Gasteiger partial charge in [-0.3, -0.25) is 0 Å². The normalized spacial score (nSPS) is 21.0. The van der Waals surface area contributed by atoms with Gasteiger partial charge in [0.2, 0.25) is 0 Å². The highest BCUT2D eigenvalue weighted by molar-refractivity contribution is 9.10. The second kappa shape index (κ2) is 6.19. The van der Waals surface area contributed by atoms with Gasteiger partial charge in [-0.25, -0.2) is 9.78 Å². The smallest absolute Gasteiger partial charge is 0.410 e. The molecule has 1 aromatic heterocycles. The maximum Gasteiger partial charge on any atom is 0.410 e. The molecule has 1 N–H and O–H groups in total. The zero-order valence-electron chi connectivity index (χ0n) is 13.8. The highest BCUT2D eigenvalue weighted by Gasteiger charge is 2.34. The molecular weight excluding hydrogens is 360 g/mol. The standard InChI is InChI=1S/C16H23BrN4O2/c1-16(2,3)23-15(22)20-6-7-21-12(10-20)4-5-18-13-8-11(17)9-19-14(13)21/h8-9,12,18H,4-7,10H2,1-3H3. The molecule has 1 amide bonds. The molecule has 7 heteroatoms. The molecule has 3 rings (SSSR count). The summed E-state index contributed by atoms with van der Waals surface area (Å²) in [5, 5.41) is 3.44.